The number of H-pyrrole nitrogens is 1. The normalized spacial score (nSPS) is 13.7. The van der Waals surface area contributed by atoms with E-state index < -0.39 is 29.8 Å². The molecule has 2 atom stereocenters. The number of ether oxygens (including phenoxy) is 2. The number of benzene rings is 1. The maximum Gasteiger partial charge on any atom is 0.351 e. The summed E-state index contributed by atoms with van der Waals surface area (Å²) < 4.78 is 11.0. The Hall–Kier alpha value is -2.71. The molecule has 146 valence electrons. The molecule has 3 N–H and O–H groups in total. The molecule has 0 fully saturated rings. The van der Waals surface area contributed by atoms with Crippen molar-refractivity contribution in [1.82, 2.24) is 15.3 Å². The highest BCUT2D eigenvalue weighted by Gasteiger charge is 2.31. The first-order valence-corrected chi connectivity index (χ1v) is 8.59. The fourth-order valence-electron chi connectivity index (χ4n) is 2.31. The molecule has 1 aromatic heterocycles. The third-order valence-corrected chi connectivity index (χ3v) is 3.51. The highest BCUT2D eigenvalue weighted by atomic mass is 16.6. The number of aliphatic carboxylic acids is 1. The predicted molar refractivity (Wildman–Crippen MR) is 97.7 cm³/mol. The number of aromatic amines is 1. The highest BCUT2D eigenvalue weighted by molar-refractivity contribution is 5.78. The molecule has 8 nitrogen and oxygen atoms in total. The van der Waals surface area contributed by atoms with Crippen LogP contribution in [0.25, 0.3) is 0 Å². The number of carbonyl (C=O) groups excluding carboxylic acids is 1. The average molecular weight is 375 g/mol. The van der Waals surface area contributed by atoms with Crippen LogP contribution in [0.5, 0.6) is 0 Å². The molecule has 2 aromatic rings. The van der Waals surface area contributed by atoms with Crippen molar-refractivity contribution < 1.29 is 24.2 Å². The van der Waals surface area contributed by atoms with E-state index in [9.17, 15) is 14.7 Å². The Kier molecular flexibility index (Phi) is 7.09. The van der Waals surface area contributed by atoms with Gasteiger partial charge in [0.25, 0.3) is 0 Å². The number of hydrogen-bond acceptors (Lipinski definition) is 6. The van der Waals surface area contributed by atoms with Gasteiger partial charge < -0.3 is 19.6 Å². The number of imidazole rings is 1. The fourth-order valence-corrected chi connectivity index (χ4v) is 2.31. The van der Waals surface area contributed by atoms with Crippen LogP contribution in [0.2, 0.25) is 0 Å². The molecule has 0 saturated heterocycles. The topological polar surface area (TPSA) is 114 Å². The van der Waals surface area contributed by atoms with Crippen molar-refractivity contribution in [2.24, 2.45) is 0 Å². The molecule has 27 heavy (non-hydrogen) atoms. The number of carbonyl (C=O) groups is 2. The molecule has 2 rings (SSSR count). The summed E-state index contributed by atoms with van der Waals surface area (Å²) in [6, 6.07) is 8.23. The first kappa shape index (κ1) is 20.6. The molecule has 0 radical (unpaired) electrons. The molecule has 0 amide bonds. The zero-order chi connectivity index (χ0) is 19.9. The van der Waals surface area contributed by atoms with E-state index in [1.165, 1.54) is 12.5 Å². The zero-order valence-electron chi connectivity index (χ0n) is 15.6. The highest BCUT2D eigenvalue weighted by Crippen LogP contribution is 2.12. The van der Waals surface area contributed by atoms with Crippen LogP contribution in [-0.2, 0) is 32.1 Å². The summed E-state index contributed by atoms with van der Waals surface area (Å²) >= 11 is 0. The molecule has 1 aromatic carbocycles. The number of carboxylic acids is 1. The van der Waals surface area contributed by atoms with E-state index in [0.717, 1.165) is 5.56 Å². The van der Waals surface area contributed by atoms with E-state index in [4.69, 9.17) is 9.47 Å². The first-order valence-electron chi connectivity index (χ1n) is 8.59. The van der Waals surface area contributed by atoms with Crippen molar-refractivity contribution in [2.75, 3.05) is 0 Å². The van der Waals surface area contributed by atoms with Gasteiger partial charge in [0.2, 0.25) is 6.23 Å². The minimum absolute atomic E-state index is 0.114. The molecule has 2 unspecified atom stereocenters. The number of rotatable bonds is 9. The largest absolute Gasteiger partial charge is 0.480 e. The summed E-state index contributed by atoms with van der Waals surface area (Å²) in [5, 5.41) is 12.3. The quantitative estimate of drug-likeness (QED) is 0.453. The second-order valence-corrected chi connectivity index (χ2v) is 7.05. The molecule has 1 heterocycles. The smallest absolute Gasteiger partial charge is 0.351 e. The van der Waals surface area contributed by atoms with Gasteiger partial charge in [-0.25, -0.2) is 9.78 Å². The van der Waals surface area contributed by atoms with Crippen LogP contribution >= 0.6 is 0 Å². The minimum atomic E-state index is -1.23. The SMILES string of the molecule is CC(C)(C)OC(=O)C(NC(Cc1cnc[nH]1)C(=O)O)OCc1ccccc1. The third kappa shape index (κ3) is 7.20. The predicted octanol–water partition coefficient (Wildman–Crippen LogP) is 1.88. The van der Waals surface area contributed by atoms with E-state index >= 15 is 0 Å². The van der Waals surface area contributed by atoms with Crippen molar-refractivity contribution in [3.8, 4) is 0 Å². The monoisotopic (exact) mass is 375 g/mol. The maximum atomic E-state index is 12.5. The van der Waals surface area contributed by atoms with Crippen molar-refractivity contribution in [3.63, 3.8) is 0 Å². The summed E-state index contributed by atoms with van der Waals surface area (Å²) in [4.78, 5) is 30.9. The summed E-state index contributed by atoms with van der Waals surface area (Å²) in [7, 11) is 0. The lowest BCUT2D eigenvalue weighted by Crippen LogP contribution is -2.51. The van der Waals surface area contributed by atoms with Crippen LogP contribution in [0.3, 0.4) is 0 Å². The Morgan fingerprint density at radius 1 is 1.26 bits per heavy atom. The van der Waals surface area contributed by atoms with Crippen LogP contribution in [0, 0.1) is 0 Å². The molecule has 0 bridgehead atoms. The summed E-state index contributed by atoms with van der Waals surface area (Å²) in [5.74, 6) is -1.78. The Morgan fingerprint density at radius 3 is 2.52 bits per heavy atom. The van der Waals surface area contributed by atoms with Crippen LogP contribution < -0.4 is 5.32 Å². The van der Waals surface area contributed by atoms with E-state index in [0.29, 0.717) is 5.69 Å². The zero-order valence-corrected chi connectivity index (χ0v) is 15.6. The number of nitrogens with zero attached hydrogens (tertiary/aromatic N) is 1. The molecule has 0 saturated carbocycles. The number of aromatic nitrogens is 2. The molecule has 0 aliphatic heterocycles. The second-order valence-electron chi connectivity index (χ2n) is 7.05. The molecule has 0 aliphatic rings. The molecule has 0 aliphatic carbocycles. The Labute approximate surface area is 157 Å². The second kappa shape index (κ2) is 9.29. The Morgan fingerprint density at radius 2 is 1.96 bits per heavy atom. The number of esters is 1. The van der Waals surface area contributed by atoms with Gasteiger partial charge in [0.15, 0.2) is 0 Å². The molecule has 0 spiro atoms. The lowest BCUT2D eigenvalue weighted by atomic mass is 10.1. The average Bonchev–Trinajstić information content (AvgIpc) is 3.09. The summed E-state index contributed by atoms with van der Waals surface area (Å²) in [6.07, 6.45) is 1.88. The molecule has 8 heteroatoms. The first-order chi connectivity index (χ1) is 12.7. The Bertz CT molecular complexity index is 726. The number of carboxylic acid groups (broad SMARTS) is 1. The van der Waals surface area contributed by atoms with Gasteiger partial charge in [-0.05, 0) is 26.3 Å². The number of hydrogen-bond donors (Lipinski definition) is 3. The lowest BCUT2D eigenvalue weighted by molar-refractivity contribution is -0.173. The van der Waals surface area contributed by atoms with Gasteiger partial charge in [0.05, 0.1) is 12.9 Å². The number of nitrogens with one attached hydrogen (secondary N) is 2. The molecular weight excluding hydrogens is 350 g/mol. The third-order valence-electron chi connectivity index (χ3n) is 3.51. The van der Waals surface area contributed by atoms with Crippen molar-refractivity contribution in [2.45, 2.75) is 51.7 Å². The van der Waals surface area contributed by atoms with Crippen molar-refractivity contribution in [1.29, 1.82) is 0 Å². The van der Waals surface area contributed by atoms with E-state index in [-0.39, 0.29) is 13.0 Å². The van der Waals surface area contributed by atoms with Gasteiger partial charge in [0.1, 0.15) is 11.6 Å². The standard InChI is InChI=1S/C19H25N3O5/c1-19(2,3)27-18(25)16(26-11-13-7-5-4-6-8-13)22-15(17(23)24)9-14-10-20-12-21-14/h4-8,10,12,15-16,22H,9,11H2,1-3H3,(H,20,21)(H,23,24). The van der Waals surface area contributed by atoms with Crippen LogP contribution in [0.1, 0.15) is 32.0 Å². The summed E-state index contributed by atoms with van der Waals surface area (Å²) in [5.41, 5.74) is 0.754. The van der Waals surface area contributed by atoms with Crippen molar-refractivity contribution >= 4 is 11.9 Å². The van der Waals surface area contributed by atoms with Gasteiger partial charge in [-0.15, -0.1) is 0 Å². The van der Waals surface area contributed by atoms with Crippen LogP contribution in [0.4, 0.5) is 0 Å². The van der Waals surface area contributed by atoms with Gasteiger partial charge in [0, 0.05) is 18.3 Å². The van der Waals surface area contributed by atoms with Crippen molar-refractivity contribution in [3.05, 3.63) is 54.1 Å². The summed E-state index contributed by atoms with van der Waals surface area (Å²) in [6.45, 7) is 5.34. The minimum Gasteiger partial charge on any atom is -0.480 e. The van der Waals surface area contributed by atoms with E-state index in [2.05, 4.69) is 15.3 Å². The maximum absolute atomic E-state index is 12.5. The molecular formula is C19H25N3O5. The lowest BCUT2D eigenvalue weighted by Gasteiger charge is -2.26. The van der Waals surface area contributed by atoms with Gasteiger partial charge in [-0.1, -0.05) is 30.3 Å². The van der Waals surface area contributed by atoms with Crippen LogP contribution in [0.15, 0.2) is 42.9 Å². The van der Waals surface area contributed by atoms with Crippen LogP contribution in [-0.4, -0.2) is 44.9 Å². The van der Waals surface area contributed by atoms with Gasteiger partial charge in [-0.2, -0.15) is 0 Å². The van der Waals surface area contributed by atoms with Gasteiger partial charge in [-0.3, -0.25) is 10.1 Å². The Balaban J connectivity index is 2.10. The fraction of sp³-hybridized carbons (Fsp3) is 0.421. The van der Waals surface area contributed by atoms with E-state index in [1.807, 2.05) is 30.3 Å². The van der Waals surface area contributed by atoms with E-state index in [1.54, 1.807) is 20.8 Å². The van der Waals surface area contributed by atoms with Gasteiger partial charge >= 0.3 is 11.9 Å².